The first-order valence-electron chi connectivity index (χ1n) is 7.94. The topological polar surface area (TPSA) is 97.3 Å². The van der Waals surface area contributed by atoms with Crippen molar-refractivity contribution >= 4 is 33.7 Å². The fraction of sp³-hybridized carbons (Fsp3) is 0.643. The van der Waals surface area contributed by atoms with Crippen molar-refractivity contribution in [3.63, 3.8) is 0 Å². The molecule has 0 atom stereocenters. The Labute approximate surface area is 144 Å². The van der Waals surface area contributed by atoms with Gasteiger partial charge in [-0.05, 0) is 39.3 Å². The predicted molar refractivity (Wildman–Crippen MR) is 99.0 cm³/mol. The minimum Gasteiger partial charge on any atom is -0.530 e. The number of hydrogen-bond acceptors (Lipinski definition) is 7. The van der Waals surface area contributed by atoms with Crippen LogP contribution in [0.5, 0.6) is 5.88 Å². The van der Waals surface area contributed by atoms with Gasteiger partial charge in [0.2, 0.25) is 20.1 Å². The van der Waals surface area contributed by atoms with Gasteiger partial charge in [-0.15, -0.1) is 0 Å². The van der Waals surface area contributed by atoms with E-state index in [4.69, 9.17) is 19.3 Å². The highest BCUT2D eigenvalue weighted by molar-refractivity contribution is 6.70. The predicted octanol–water partition coefficient (Wildman–Crippen LogP) is 2.45. The van der Waals surface area contributed by atoms with Gasteiger partial charge in [-0.1, -0.05) is 0 Å². The fourth-order valence-electron chi connectivity index (χ4n) is 1.96. The summed E-state index contributed by atoms with van der Waals surface area (Å²) in [5.41, 5.74) is 7.03. The minimum atomic E-state index is -1.82. The van der Waals surface area contributed by atoms with E-state index in [0.717, 1.165) is 0 Å². The van der Waals surface area contributed by atoms with Crippen molar-refractivity contribution in [2.75, 3.05) is 18.9 Å². The largest absolute Gasteiger partial charge is 0.530 e. The maximum Gasteiger partial charge on any atom is 0.244 e. The summed E-state index contributed by atoms with van der Waals surface area (Å²) in [6.07, 6.45) is 1.66. The van der Waals surface area contributed by atoms with Crippen LogP contribution in [0.3, 0.4) is 0 Å². The van der Waals surface area contributed by atoms with Gasteiger partial charge in [0.1, 0.15) is 6.73 Å². The number of fused-ring (bicyclic) bond motifs is 1. The second-order valence-corrected chi connectivity index (χ2v) is 16.4. The summed E-state index contributed by atoms with van der Waals surface area (Å²) in [6.45, 7) is 14.1. The van der Waals surface area contributed by atoms with Crippen LogP contribution in [0.15, 0.2) is 6.33 Å². The molecular formula is C14H27N5O3Si2. The van der Waals surface area contributed by atoms with E-state index in [2.05, 4.69) is 54.2 Å². The first-order valence-corrected chi connectivity index (χ1v) is 14.8. The lowest BCUT2D eigenvalue weighted by molar-refractivity contribution is 0.0540. The zero-order valence-corrected chi connectivity index (χ0v) is 17.3. The van der Waals surface area contributed by atoms with E-state index in [1.54, 1.807) is 10.9 Å². The molecule has 0 aliphatic carbocycles. The molecule has 8 nitrogen and oxygen atoms in total. The Morgan fingerprint density at radius 2 is 1.75 bits per heavy atom. The van der Waals surface area contributed by atoms with Crippen molar-refractivity contribution in [3.05, 3.63) is 6.33 Å². The molecule has 2 aromatic heterocycles. The second-order valence-electron chi connectivity index (χ2n) is 7.49. The van der Waals surface area contributed by atoms with Crippen LogP contribution >= 0.6 is 0 Å². The molecule has 2 heterocycles. The zero-order chi connectivity index (χ0) is 18.0. The minimum absolute atomic E-state index is 0.166. The molecule has 0 saturated heterocycles. The Morgan fingerprint density at radius 1 is 1.04 bits per heavy atom. The maximum absolute atomic E-state index is 5.97. The summed E-state index contributed by atoms with van der Waals surface area (Å²) < 4.78 is 19.2. The summed E-state index contributed by atoms with van der Waals surface area (Å²) in [6, 6.07) is 0. The molecule has 0 aromatic carbocycles. The average Bonchev–Trinajstić information content (AvgIpc) is 2.78. The number of ether oxygens (including phenoxy) is 1. The van der Waals surface area contributed by atoms with Crippen LogP contribution in [-0.2, 0) is 15.9 Å². The van der Waals surface area contributed by atoms with Crippen molar-refractivity contribution in [2.45, 2.75) is 46.0 Å². The molecule has 0 spiro atoms. The standard InChI is InChI=1S/C14H27N5O3Si2/c1-23(2,3)21-8-7-20-10-19-9-16-11-12(19)17-14(15)18-13(11)22-24(4,5)6/h9H,7-8,10H2,1-6H3,(H2,15,17,18). The van der Waals surface area contributed by atoms with Crippen LogP contribution in [0.4, 0.5) is 5.95 Å². The first kappa shape index (κ1) is 18.8. The first-order chi connectivity index (χ1) is 11.1. The Kier molecular flexibility index (Phi) is 5.63. The molecule has 0 aliphatic rings. The number of nitrogens with two attached hydrogens (primary N) is 1. The molecule has 134 valence electrons. The Bertz CT molecular complexity index is 694. The number of rotatable bonds is 8. The Hall–Kier alpha value is -1.50. The molecule has 0 bridgehead atoms. The number of nitrogen functional groups attached to an aromatic ring is 1. The van der Waals surface area contributed by atoms with E-state index in [-0.39, 0.29) is 5.95 Å². The Morgan fingerprint density at radius 3 is 2.38 bits per heavy atom. The summed E-state index contributed by atoms with van der Waals surface area (Å²) in [4.78, 5) is 12.8. The molecule has 0 unspecified atom stereocenters. The normalized spacial score (nSPS) is 12.8. The van der Waals surface area contributed by atoms with Crippen molar-refractivity contribution in [1.29, 1.82) is 0 Å². The maximum atomic E-state index is 5.97. The molecule has 0 aliphatic heterocycles. The number of imidazole rings is 1. The molecule has 24 heavy (non-hydrogen) atoms. The summed E-state index contributed by atoms with van der Waals surface area (Å²) in [5, 5.41) is 0. The fourth-order valence-corrected chi connectivity index (χ4v) is 3.38. The van der Waals surface area contributed by atoms with Gasteiger partial charge < -0.3 is 19.3 Å². The van der Waals surface area contributed by atoms with Gasteiger partial charge in [-0.25, -0.2) is 4.98 Å². The zero-order valence-electron chi connectivity index (χ0n) is 15.3. The number of anilines is 1. The van der Waals surface area contributed by atoms with Gasteiger partial charge in [-0.3, -0.25) is 4.57 Å². The molecule has 0 amide bonds. The van der Waals surface area contributed by atoms with E-state index in [1.807, 2.05) is 0 Å². The highest BCUT2D eigenvalue weighted by Crippen LogP contribution is 2.24. The Balaban J connectivity index is 2.07. The van der Waals surface area contributed by atoms with Crippen molar-refractivity contribution < 1.29 is 13.6 Å². The lowest BCUT2D eigenvalue weighted by Gasteiger charge is -2.18. The average molecular weight is 370 g/mol. The van der Waals surface area contributed by atoms with Crippen LogP contribution in [0.25, 0.3) is 11.2 Å². The van der Waals surface area contributed by atoms with E-state index >= 15 is 0 Å². The smallest absolute Gasteiger partial charge is 0.244 e. The van der Waals surface area contributed by atoms with E-state index in [9.17, 15) is 0 Å². The number of hydrogen-bond donors (Lipinski definition) is 1. The van der Waals surface area contributed by atoms with Crippen LogP contribution in [0.2, 0.25) is 39.3 Å². The van der Waals surface area contributed by atoms with Crippen LogP contribution < -0.4 is 10.2 Å². The SMILES string of the molecule is C[Si](C)(C)OCCOCn1cnc2c(O[Si](C)(C)C)nc(N)nc21. The molecule has 2 aromatic rings. The van der Waals surface area contributed by atoms with Crippen LogP contribution in [0.1, 0.15) is 0 Å². The van der Waals surface area contributed by atoms with Crippen molar-refractivity contribution in [2.24, 2.45) is 0 Å². The molecule has 0 saturated carbocycles. The van der Waals surface area contributed by atoms with Crippen LogP contribution in [0, 0.1) is 0 Å². The number of nitrogens with zero attached hydrogens (tertiary/aromatic N) is 4. The van der Waals surface area contributed by atoms with E-state index in [1.165, 1.54) is 0 Å². The molecule has 2 rings (SSSR count). The molecule has 10 heteroatoms. The van der Waals surface area contributed by atoms with Crippen molar-refractivity contribution in [1.82, 2.24) is 19.5 Å². The van der Waals surface area contributed by atoms with E-state index in [0.29, 0.717) is 37.0 Å². The van der Waals surface area contributed by atoms with Crippen LogP contribution in [-0.4, -0.2) is 49.4 Å². The molecule has 0 radical (unpaired) electrons. The third-order valence-corrected chi connectivity index (χ3v) is 4.72. The van der Waals surface area contributed by atoms with Gasteiger partial charge in [-0.2, -0.15) is 9.97 Å². The van der Waals surface area contributed by atoms with Gasteiger partial charge in [0.25, 0.3) is 0 Å². The summed E-state index contributed by atoms with van der Waals surface area (Å²) in [5.74, 6) is 0.608. The van der Waals surface area contributed by atoms with Gasteiger partial charge in [0.15, 0.2) is 19.5 Å². The number of aromatic nitrogens is 4. The molecule has 2 N–H and O–H groups in total. The third-order valence-electron chi connectivity index (χ3n) is 2.85. The summed E-state index contributed by atoms with van der Waals surface area (Å²) in [7, 11) is -3.33. The highest BCUT2D eigenvalue weighted by atomic mass is 28.4. The second kappa shape index (κ2) is 7.17. The lowest BCUT2D eigenvalue weighted by atomic mass is 10.5. The quantitative estimate of drug-likeness (QED) is 0.564. The summed E-state index contributed by atoms with van der Waals surface area (Å²) >= 11 is 0. The van der Waals surface area contributed by atoms with E-state index < -0.39 is 16.6 Å². The van der Waals surface area contributed by atoms with Gasteiger partial charge in [0.05, 0.1) is 19.5 Å². The third kappa shape index (κ3) is 5.55. The highest BCUT2D eigenvalue weighted by Gasteiger charge is 2.21. The van der Waals surface area contributed by atoms with Gasteiger partial charge >= 0.3 is 0 Å². The lowest BCUT2D eigenvalue weighted by Crippen LogP contribution is -2.30. The van der Waals surface area contributed by atoms with Crippen molar-refractivity contribution in [3.8, 4) is 5.88 Å². The van der Waals surface area contributed by atoms with Gasteiger partial charge in [0, 0.05) is 0 Å². The monoisotopic (exact) mass is 369 g/mol. The molecule has 0 fully saturated rings. The molecular weight excluding hydrogens is 342 g/mol.